The van der Waals surface area contributed by atoms with Crippen LogP contribution < -0.4 is 0 Å². The van der Waals surface area contributed by atoms with Gasteiger partial charge >= 0.3 is 5.97 Å². The molecule has 1 aliphatic carbocycles. The Morgan fingerprint density at radius 2 is 1.89 bits per heavy atom. The van der Waals surface area contributed by atoms with Crippen molar-refractivity contribution in [2.45, 2.75) is 24.9 Å². The third kappa shape index (κ3) is 3.90. The lowest BCUT2D eigenvalue weighted by Crippen LogP contribution is -2.33. The lowest BCUT2D eigenvalue weighted by atomic mass is 9.67. The summed E-state index contributed by atoms with van der Waals surface area (Å²) in [6.07, 6.45) is -0.284. The van der Waals surface area contributed by atoms with Gasteiger partial charge in [-0.25, -0.2) is 0 Å². The number of carbonyl (C=O) groups is 1. The number of rotatable bonds is 5. The molecule has 2 aromatic rings. The quantitative estimate of drug-likeness (QED) is 0.471. The maximum absolute atomic E-state index is 11.8. The van der Waals surface area contributed by atoms with Gasteiger partial charge in [0.05, 0.1) is 16.9 Å². The Balaban J connectivity index is 1.91. The number of nitro benzene ring substituents is 1. The van der Waals surface area contributed by atoms with Gasteiger partial charge in [-0.05, 0) is 29.9 Å². The fraction of sp³-hybridized carbons (Fsp3) is 0.286. The second-order valence-electron chi connectivity index (χ2n) is 6.96. The largest absolute Gasteiger partial charge is 0.481 e. The van der Waals surface area contributed by atoms with E-state index in [9.17, 15) is 25.1 Å². The first-order chi connectivity index (χ1) is 12.9. The van der Waals surface area contributed by atoms with Crippen molar-refractivity contribution < 1.29 is 19.9 Å². The molecule has 3 rings (SSSR count). The molecule has 0 unspecified atom stereocenters. The van der Waals surface area contributed by atoms with Gasteiger partial charge in [0, 0.05) is 18.1 Å². The first kappa shape index (κ1) is 18.8. The number of non-ortho nitro benzene ring substituents is 1. The highest BCUT2D eigenvalue weighted by atomic mass is 16.6. The molecular formula is C21H21NO5. The van der Waals surface area contributed by atoms with Crippen molar-refractivity contribution >= 4 is 11.7 Å². The van der Waals surface area contributed by atoms with Crippen LogP contribution in [0.5, 0.6) is 0 Å². The van der Waals surface area contributed by atoms with Gasteiger partial charge < -0.3 is 10.2 Å². The smallest absolute Gasteiger partial charge is 0.307 e. The summed E-state index contributed by atoms with van der Waals surface area (Å²) >= 11 is 0. The zero-order chi connectivity index (χ0) is 19.6. The van der Waals surface area contributed by atoms with E-state index in [4.69, 9.17) is 0 Å². The molecular weight excluding hydrogens is 346 g/mol. The average molecular weight is 367 g/mol. The molecule has 0 spiro atoms. The maximum atomic E-state index is 11.8. The predicted octanol–water partition coefficient (Wildman–Crippen LogP) is 4.08. The molecule has 4 atom stereocenters. The number of aliphatic hydroxyl groups is 1. The van der Waals surface area contributed by atoms with E-state index in [1.54, 1.807) is 6.07 Å². The van der Waals surface area contributed by atoms with Crippen LogP contribution >= 0.6 is 0 Å². The van der Waals surface area contributed by atoms with Crippen molar-refractivity contribution in [1.29, 1.82) is 0 Å². The summed E-state index contributed by atoms with van der Waals surface area (Å²) in [5.74, 6) is -2.11. The van der Waals surface area contributed by atoms with Gasteiger partial charge in [-0.15, -0.1) is 0 Å². The SMILES string of the molecule is C=C1C[C@H](C(=O)O)[C@@H](c2ccccc2)C[C@H]1[C@H](O)c1cccc([N+](=O)[O-])c1. The molecule has 140 valence electrons. The number of hydrogen-bond acceptors (Lipinski definition) is 4. The van der Waals surface area contributed by atoms with E-state index in [0.717, 1.165) is 5.56 Å². The number of carboxylic acids is 1. The van der Waals surface area contributed by atoms with Gasteiger partial charge in [0.25, 0.3) is 5.69 Å². The molecule has 2 N–H and O–H groups in total. The highest BCUT2D eigenvalue weighted by Gasteiger charge is 2.40. The minimum Gasteiger partial charge on any atom is -0.481 e. The van der Waals surface area contributed by atoms with Crippen LogP contribution in [0.2, 0.25) is 0 Å². The Labute approximate surface area is 156 Å². The zero-order valence-electron chi connectivity index (χ0n) is 14.7. The van der Waals surface area contributed by atoms with E-state index < -0.39 is 22.9 Å². The number of carboxylic acid groups (broad SMARTS) is 1. The second kappa shape index (κ2) is 7.72. The molecule has 0 heterocycles. The highest BCUT2D eigenvalue weighted by molar-refractivity contribution is 5.72. The molecule has 6 heteroatoms. The summed E-state index contributed by atoms with van der Waals surface area (Å²) in [4.78, 5) is 22.3. The Kier molecular flexibility index (Phi) is 5.37. The summed E-state index contributed by atoms with van der Waals surface area (Å²) < 4.78 is 0. The molecule has 2 aromatic carbocycles. The fourth-order valence-corrected chi connectivity index (χ4v) is 3.92. The maximum Gasteiger partial charge on any atom is 0.307 e. The van der Waals surface area contributed by atoms with E-state index in [-0.39, 0.29) is 23.9 Å². The number of nitrogens with zero attached hydrogens (tertiary/aromatic N) is 1. The molecule has 0 aliphatic heterocycles. The lowest BCUT2D eigenvalue weighted by Gasteiger charge is -2.38. The monoisotopic (exact) mass is 367 g/mol. The predicted molar refractivity (Wildman–Crippen MR) is 100 cm³/mol. The first-order valence-electron chi connectivity index (χ1n) is 8.76. The topological polar surface area (TPSA) is 101 Å². The minimum absolute atomic E-state index is 0.0870. The summed E-state index contributed by atoms with van der Waals surface area (Å²) in [6, 6.07) is 15.3. The Morgan fingerprint density at radius 3 is 2.52 bits per heavy atom. The number of hydrogen-bond donors (Lipinski definition) is 2. The van der Waals surface area contributed by atoms with Gasteiger partial charge in [0.2, 0.25) is 0 Å². The van der Waals surface area contributed by atoms with E-state index >= 15 is 0 Å². The number of benzene rings is 2. The van der Waals surface area contributed by atoms with E-state index in [2.05, 4.69) is 6.58 Å². The summed E-state index contributed by atoms with van der Waals surface area (Å²) in [6.45, 7) is 4.00. The zero-order valence-corrected chi connectivity index (χ0v) is 14.7. The van der Waals surface area contributed by atoms with Gasteiger partial charge in [0.1, 0.15) is 0 Å². The number of aliphatic hydroxyl groups excluding tert-OH is 1. The fourth-order valence-electron chi connectivity index (χ4n) is 3.92. The molecule has 0 aromatic heterocycles. The van der Waals surface area contributed by atoms with Crippen molar-refractivity contribution in [3.05, 3.63) is 88.0 Å². The molecule has 6 nitrogen and oxygen atoms in total. The second-order valence-corrected chi connectivity index (χ2v) is 6.96. The Bertz CT molecular complexity index is 864. The Hall–Kier alpha value is -2.99. The summed E-state index contributed by atoms with van der Waals surface area (Å²) in [5.41, 5.74) is 1.93. The molecule has 0 radical (unpaired) electrons. The normalized spacial score (nSPS) is 23.6. The van der Waals surface area contributed by atoms with Crippen molar-refractivity contribution in [3.8, 4) is 0 Å². The summed E-state index contributed by atoms with van der Waals surface area (Å²) in [7, 11) is 0. The van der Waals surface area contributed by atoms with Gasteiger partial charge in [0.15, 0.2) is 0 Å². The number of aliphatic carboxylic acids is 1. The van der Waals surface area contributed by atoms with Crippen LogP contribution in [-0.4, -0.2) is 21.1 Å². The molecule has 0 saturated heterocycles. The third-order valence-corrected chi connectivity index (χ3v) is 5.35. The standard InChI is InChI=1S/C21H21NO5/c1-13-10-19(21(24)25)18(14-6-3-2-4-7-14)12-17(13)20(23)15-8-5-9-16(11-15)22(26)27/h2-9,11,17-20,23H,1,10,12H2,(H,24,25)/t17-,18-,19+,20-/m1/s1. The van der Waals surface area contributed by atoms with Crippen LogP contribution in [-0.2, 0) is 4.79 Å². The molecule has 1 saturated carbocycles. The molecule has 1 aliphatic rings. The van der Waals surface area contributed by atoms with Gasteiger partial charge in [-0.2, -0.15) is 0 Å². The number of nitro groups is 1. The Morgan fingerprint density at radius 1 is 1.19 bits per heavy atom. The molecule has 0 amide bonds. The molecule has 27 heavy (non-hydrogen) atoms. The van der Waals surface area contributed by atoms with Crippen LogP contribution in [0.25, 0.3) is 0 Å². The first-order valence-corrected chi connectivity index (χ1v) is 8.76. The van der Waals surface area contributed by atoms with Crippen LogP contribution in [0.3, 0.4) is 0 Å². The van der Waals surface area contributed by atoms with Crippen molar-refractivity contribution in [3.63, 3.8) is 0 Å². The minimum atomic E-state index is -0.974. The molecule has 0 bridgehead atoms. The third-order valence-electron chi connectivity index (χ3n) is 5.35. The van der Waals surface area contributed by atoms with Crippen LogP contribution in [0.4, 0.5) is 5.69 Å². The van der Waals surface area contributed by atoms with Crippen molar-refractivity contribution in [2.24, 2.45) is 11.8 Å². The van der Waals surface area contributed by atoms with Crippen LogP contribution in [0, 0.1) is 22.0 Å². The van der Waals surface area contributed by atoms with E-state index in [0.29, 0.717) is 17.6 Å². The molecule has 1 fully saturated rings. The highest BCUT2D eigenvalue weighted by Crippen LogP contribution is 2.47. The van der Waals surface area contributed by atoms with Gasteiger partial charge in [-0.3, -0.25) is 14.9 Å². The average Bonchev–Trinajstić information content (AvgIpc) is 2.68. The van der Waals surface area contributed by atoms with E-state index in [1.807, 2.05) is 30.3 Å². The van der Waals surface area contributed by atoms with Crippen LogP contribution in [0.1, 0.15) is 36.0 Å². The van der Waals surface area contributed by atoms with Gasteiger partial charge in [-0.1, -0.05) is 54.6 Å². The van der Waals surface area contributed by atoms with Crippen LogP contribution in [0.15, 0.2) is 66.7 Å². The van der Waals surface area contributed by atoms with Crippen molar-refractivity contribution in [1.82, 2.24) is 0 Å². The summed E-state index contributed by atoms with van der Waals surface area (Å²) in [5, 5.41) is 31.5. The van der Waals surface area contributed by atoms with E-state index in [1.165, 1.54) is 18.2 Å². The lowest BCUT2D eigenvalue weighted by molar-refractivity contribution is -0.385. The van der Waals surface area contributed by atoms with Crippen molar-refractivity contribution in [2.75, 3.05) is 0 Å².